The van der Waals surface area contributed by atoms with Crippen LogP contribution in [0.4, 0.5) is 5.69 Å². The minimum atomic E-state index is -3.63. The van der Waals surface area contributed by atoms with Crippen LogP contribution < -0.4 is 5.32 Å². The van der Waals surface area contributed by atoms with Crippen LogP contribution in [0.25, 0.3) is 0 Å². The first-order valence-corrected chi connectivity index (χ1v) is 10.2. The van der Waals surface area contributed by atoms with Crippen molar-refractivity contribution in [1.29, 1.82) is 0 Å². The molecule has 1 fully saturated rings. The molecule has 1 amide bonds. The Hall–Kier alpha value is -2.16. The van der Waals surface area contributed by atoms with Gasteiger partial charge >= 0.3 is 5.97 Å². The van der Waals surface area contributed by atoms with Crippen LogP contribution in [0, 0.1) is 0 Å². The maximum absolute atomic E-state index is 12.6. The third-order valence-electron chi connectivity index (χ3n) is 3.80. The second-order valence-corrected chi connectivity index (χ2v) is 8.14. The SMILES string of the molecule is C/C=C/C=C/C(=O)OCC(=O)Nc1cc(S(=O)(=O)N2CCCC2)ccc1Cl. The van der Waals surface area contributed by atoms with E-state index < -0.39 is 28.5 Å². The lowest BCUT2D eigenvalue weighted by Gasteiger charge is -2.16. The zero-order chi connectivity index (χ0) is 19.9. The average molecular weight is 413 g/mol. The van der Waals surface area contributed by atoms with Gasteiger partial charge in [-0.3, -0.25) is 4.79 Å². The molecule has 1 aliphatic heterocycles. The number of carbonyl (C=O) groups excluding carboxylic acids is 2. The van der Waals surface area contributed by atoms with Crippen LogP contribution >= 0.6 is 11.6 Å². The van der Waals surface area contributed by atoms with Crippen LogP contribution in [-0.2, 0) is 24.3 Å². The second kappa shape index (κ2) is 9.68. The van der Waals surface area contributed by atoms with Gasteiger partial charge in [0.2, 0.25) is 10.0 Å². The number of nitrogens with zero attached hydrogens (tertiary/aromatic N) is 1. The summed E-state index contributed by atoms with van der Waals surface area (Å²) in [6, 6.07) is 4.12. The molecule has 27 heavy (non-hydrogen) atoms. The lowest BCUT2D eigenvalue weighted by atomic mass is 10.3. The third kappa shape index (κ3) is 5.92. The molecule has 1 aromatic carbocycles. The molecule has 1 aliphatic rings. The van der Waals surface area contributed by atoms with E-state index in [1.807, 2.05) is 0 Å². The number of anilines is 1. The van der Waals surface area contributed by atoms with E-state index in [2.05, 4.69) is 5.32 Å². The number of hydrogen-bond donors (Lipinski definition) is 1. The van der Waals surface area contributed by atoms with E-state index in [1.165, 1.54) is 34.7 Å². The summed E-state index contributed by atoms with van der Waals surface area (Å²) in [5, 5.41) is 2.65. The van der Waals surface area contributed by atoms with Gasteiger partial charge in [0.1, 0.15) is 0 Å². The van der Waals surface area contributed by atoms with Gasteiger partial charge in [0.05, 0.1) is 15.6 Å². The Balaban J connectivity index is 2.03. The van der Waals surface area contributed by atoms with E-state index in [1.54, 1.807) is 19.1 Å². The predicted octanol–water partition coefficient (Wildman–Crippen LogP) is 2.74. The molecule has 9 heteroatoms. The van der Waals surface area contributed by atoms with Gasteiger partial charge in [0.25, 0.3) is 5.91 Å². The van der Waals surface area contributed by atoms with Crippen LogP contribution in [0.3, 0.4) is 0 Å². The molecule has 0 saturated carbocycles. The highest BCUT2D eigenvalue weighted by Crippen LogP contribution is 2.28. The van der Waals surface area contributed by atoms with Crippen LogP contribution in [-0.4, -0.2) is 44.3 Å². The normalized spacial score (nSPS) is 15.5. The Morgan fingerprint density at radius 3 is 2.63 bits per heavy atom. The van der Waals surface area contributed by atoms with Gasteiger partial charge < -0.3 is 10.1 Å². The first-order chi connectivity index (χ1) is 12.8. The van der Waals surface area contributed by atoms with Gasteiger partial charge in [-0.05, 0) is 38.0 Å². The van der Waals surface area contributed by atoms with Crippen molar-refractivity contribution in [3.63, 3.8) is 0 Å². The molecule has 1 saturated heterocycles. The maximum Gasteiger partial charge on any atom is 0.331 e. The molecule has 0 atom stereocenters. The van der Waals surface area contributed by atoms with Crippen molar-refractivity contribution < 1.29 is 22.7 Å². The Bertz CT molecular complexity index is 859. The fourth-order valence-electron chi connectivity index (χ4n) is 2.45. The van der Waals surface area contributed by atoms with E-state index in [9.17, 15) is 18.0 Å². The van der Waals surface area contributed by atoms with E-state index in [0.717, 1.165) is 12.8 Å². The number of amides is 1. The second-order valence-electron chi connectivity index (χ2n) is 5.79. The number of benzene rings is 1. The number of rotatable bonds is 7. The van der Waals surface area contributed by atoms with Gasteiger partial charge in [-0.2, -0.15) is 4.31 Å². The van der Waals surface area contributed by atoms with E-state index in [-0.39, 0.29) is 15.6 Å². The smallest absolute Gasteiger partial charge is 0.331 e. The van der Waals surface area contributed by atoms with E-state index in [4.69, 9.17) is 16.3 Å². The molecule has 7 nitrogen and oxygen atoms in total. The molecular weight excluding hydrogens is 392 g/mol. The van der Waals surface area contributed by atoms with Crippen LogP contribution in [0.2, 0.25) is 5.02 Å². The molecule has 0 radical (unpaired) electrons. The molecule has 1 aromatic rings. The Morgan fingerprint density at radius 1 is 1.26 bits per heavy atom. The zero-order valence-electron chi connectivity index (χ0n) is 14.9. The van der Waals surface area contributed by atoms with E-state index >= 15 is 0 Å². The lowest BCUT2D eigenvalue weighted by molar-refractivity contribution is -0.142. The fourth-order valence-corrected chi connectivity index (χ4v) is 4.16. The summed E-state index contributed by atoms with van der Waals surface area (Å²) in [4.78, 5) is 23.5. The van der Waals surface area contributed by atoms with Gasteiger partial charge in [-0.25, -0.2) is 13.2 Å². The third-order valence-corrected chi connectivity index (χ3v) is 6.02. The molecule has 0 spiro atoms. The highest BCUT2D eigenvalue weighted by atomic mass is 35.5. The van der Waals surface area contributed by atoms with Crippen molar-refractivity contribution in [3.05, 3.63) is 47.5 Å². The lowest BCUT2D eigenvalue weighted by Crippen LogP contribution is -2.28. The highest BCUT2D eigenvalue weighted by Gasteiger charge is 2.27. The van der Waals surface area contributed by atoms with Gasteiger partial charge in [0.15, 0.2) is 6.61 Å². The Kier molecular flexibility index (Phi) is 7.58. The standard InChI is InChI=1S/C18H21ClN2O5S/c1-2-3-4-7-18(23)26-13-17(22)20-16-12-14(8-9-15(16)19)27(24,25)21-10-5-6-11-21/h2-4,7-9,12H,5-6,10-11,13H2,1H3,(H,20,22)/b3-2+,7-4+. The van der Waals surface area contributed by atoms with Crippen LogP contribution in [0.1, 0.15) is 19.8 Å². The number of ether oxygens (including phenoxy) is 1. The summed E-state index contributed by atoms with van der Waals surface area (Å²) < 4.78 is 31.4. The van der Waals surface area contributed by atoms with Crippen molar-refractivity contribution >= 4 is 39.2 Å². The summed E-state index contributed by atoms with van der Waals surface area (Å²) in [6.45, 7) is 2.23. The number of carbonyl (C=O) groups is 2. The van der Waals surface area contributed by atoms with Gasteiger partial charge in [-0.1, -0.05) is 29.8 Å². The largest absolute Gasteiger partial charge is 0.452 e. The quantitative estimate of drug-likeness (QED) is 0.422. The summed E-state index contributed by atoms with van der Waals surface area (Å²) >= 11 is 6.05. The van der Waals surface area contributed by atoms with Crippen molar-refractivity contribution in [2.24, 2.45) is 0 Å². The molecule has 0 aromatic heterocycles. The number of allylic oxidation sites excluding steroid dienone is 3. The first-order valence-electron chi connectivity index (χ1n) is 8.40. The van der Waals surface area contributed by atoms with Crippen LogP contribution in [0.15, 0.2) is 47.4 Å². The summed E-state index contributed by atoms with van der Waals surface area (Å²) in [6.07, 6.45) is 7.71. The number of halogens is 1. The molecule has 1 heterocycles. The van der Waals surface area contributed by atoms with Crippen LogP contribution in [0.5, 0.6) is 0 Å². The number of esters is 1. The highest BCUT2D eigenvalue weighted by molar-refractivity contribution is 7.89. The van der Waals surface area contributed by atoms with Crippen molar-refractivity contribution in [3.8, 4) is 0 Å². The Labute approximate surface area is 163 Å². The average Bonchev–Trinajstić information content (AvgIpc) is 3.17. The van der Waals surface area contributed by atoms with Gasteiger partial charge in [-0.15, -0.1) is 0 Å². The topological polar surface area (TPSA) is 92.8 Å². The fraction of sp³-hybridized carbons (Fsp3) is 0.333. The molecular formula is C18H21ClN2O5S. The summed E-state index contributed by atoms with van der Waals surface area (Å²) in [5.41, 5.74) is 0.141. The molecule has 0 unspecified atom stereocenters. The maximum atomic E-state index is 12.6. The van der Waals surface area contributed by atoms with Crippen molar-refractivity contribution in [1.82, 2.24) is 4.31 Å². The van der Waals surface area contributed by atoms with E-state index in [0.29, 0.717) is 13.1 Å². The molecule has 1 N–H and O–H groups in total. The minimum Gasteiger partial charge on any atom is -0.452 e. The van der Waals surface area contributed by atoms with Crippen molar-refractivity contribution in [2.75, 3.05) is 25.0 Å². The molecule has 2 rings (SSSR count). The minimum absolute atomic E-state index is 0.0513. The monoisotopic (exact) mass is 412 g/mol. The first kappa shape index (κ1) is 21.1. The number of hydrogen-bond acceptors (Lipinski definition) is 5. The number of sulfonamides is 1. The summed E-state index contributed by atoms with van der Waals surface area (Å²) in [7, 11) is -3.63. The molecule has 146 valence electrons. The molecule has 0 bridgehead atoms. The van der Waals surface area contributed by atoms with Crippen molar-refractivity contribution in [2.45, 2.75) is 24.7 Å². The Morgan fingerprint density at radius 2 is 1.96 bits per heavy atom. The van der Waals surface area contributed by atoms with Gasteiger partial charge in [0, 0.05) is 19.2 Å². The summed E-state index contributed by atoms with van der Waals surface area (Å²) in [5.74, 6) is -1.29. The number of nitrogens with one attached hydrogen (secondary N) is 1. The predicted molar refractivity (Wildman–Crippen MR) is 103 cm³/mol. The molecule has 0 aliphatic carbocycles. The zero-order valence-corrected chi connectivity index (χ0v) is 16.4.